The maximum Gasteiger partial charge on any atom is 0.279 e. The molecular formula is C21H18N6O3. The molecule has 3 aromatic heterocycles. The standard InChI is InChI=1S/C21H18N6O3/c1-12-9-19(28)24-21(22-12)27-18(11-15(25-27)13-7-8-13)23-20(29)16-10-17(30-26-16)14-5-3-2-4-6-14/h2-6,9-11,13H,7-8H2,1H3,(H,23,29)(H,22,24,28). The van der Waals surface area contributed by atoms with Crippen molar-refractivity contribution >= 4 is 11.7 Å². The Bertz CT molecular complexity index is 1280. The molecule has 3 heterocycles. The zero-order chi connectivity index (χ0) is 20.7. The predicted octanol–water partition coefficient (Wildman–Crippen LogP) is 3.05. The molecule has 150 valence electrons. The van der Waals surface area contributed by atoms with Crippen LogP contribution in [0.5, 0.6) is 0 Å². The molecule has 30 heavy (non-hydrogen) atoms. The molecule has 0 radical (unpaired) electrons. The van der Waals surface area contributed by atoms with Crippen molar-refractivity contribution in [2.45, 2.75) is 25.7 Å². The molecule has 1 aromatic carbocycles. The van der Waals surface area contributed by atoms with Crippen LogP contribution in [0.4, 0.5) is 5.82 Å². The van der Waals surface area contributed by atoms with Crippen LogP contribution in [0.1, 0.15) is 40.6 Å². The van der Waals surface area contributed by atoms with Crippen LogP contribution in [0.2, 0.25) is 0 Å². The van der Waals surface area contributed by atoms with Crippen LogP contribution in [0.25, 0.3) is 17.3 Å². The second kappa shape index (κ2) is 7.11. The molecule has 1 fully saturated rings. The molecule has 0 unspecified atom stereocenters. The number of rotatable bonds is 5. The van der Waals surface area contributed by atoms with Gasteiger partial charge in [-0.1, -0.05) is 35.5 Å². The molecule has 5 rings (SSSR count). The number of amides is 1. The second-order valence-electron chi connectivity index (χ2n) is 7.25. The van der Waals surface area contributed by atoms with Gasteiger partial charge in [-0.15, -0.1) is 0 Å². The summed E-state index contributed by atoms with van der Waals surface area (Å²) in [5.41, 5.74) is 2.08. The van der Waals surface area contributed by atoms with E-state index in [-0.39, 0.29) is 17.2 Å². The monoisotopic (exact) mass is 402 g/mol. The predicted molar refractivity (Wildman–Crippen MR) is 109 cm³/mol. The van der Waals surface area contributed by atoms with Gasteiger partial charge in [0, 0.05) is 35.4 Å². The number of nitrogens with zero attached hydrogens (tertiary/aromatic N) is 4. The Kier molecular flexibility index (Phi) is 4.27. The normalized spacial score (nSPS) is 13.4. The lowest BCUT2D eigenvalue weighted by molar-refractivity contribution is 0.101. The Hall–Kier alpha value is -4.01. The number of hydrogen-bond acceptors (Lipinski definition) is 6. The summed E-state index contributed by atoms with van der Waals surface area (Å²) in [5, 5.41) is 11.2. The number of H-pyrrole nitrogens is 1. The first-order valence-electron chi connectivity index (χ1n) is 9.58. The Balaban J connectivity index is 1.46. The van der Waals surface area contributed by atoms with Crippen molar-refractivity contribution in [2.75, 3.05) is 5.32 Å². The summed E-state index contributed by atoms with van der Waals surface area (Å²) in [6, 6.07) is 14.2. The SMILES string of the molecule is Cc1cc(=O)[nH]c(-n2nc(C3CC3)cc2NC(=O)c2cc(-c3ccccc3)on2)n1. The highest BCUT2D eigenvalue weighted by Gasteiger charge is 2.28. The molecule has 1 aliphatic rings. The van der Waals surface area contributed by atoms with E-state index >= 15 is 0 Å². The molecule has 1 amide bonds. The quantitative estimate of drug-likeness (QED) is 0.530. The van der Waals surface area contributed by atoms with Crippen LogP contribution in [-0.2, 0) is 0 Å². The highest BCUT2D eigenvalue weighted by molar-refractivity contribution is 6.03. The lowest BCUT2D eigenvalue weighted by Gasteiger charge is -2.07. The lowest BCUT2D eigenvalue weighted by atomic mass is 10.1. The van der Waals surface area contributed by atoms with Gasteiger partial charge in [-0.3, -0.25) is 14.6 Å². The number of nitrogens with one attached hydrogen (secondary N) is 2. The Morgan fingerprint density at radius 1 is 1.20 bits per heavy atom. The summed E-state index contributed by atoms with van der Waals surface area (Å²) in [5.74, 6) is 1.06. The number of aryl methyl sites for hydroxylation is 1. The molecule has 9 nitrogen and oxygen atoms in total. The Labute approximate surface area is 170 Å². The molecule has 2 N–H and O–H groups in total. The highest BCUT2D eigenvalue weighted by Crippen LogP contribution is 2.40. The van der Waals surface area contributed by atoms with E-state index < -0.39 is 5.91 Å². The average Bonchev–Trinajstić information content (AvgIpc) is 3.31. The lowest BCUT2D eigenvalue weighted by Crippen LogP contribution is -2.19. The van der Waals surface area contributed by atoms with Gasteiger partial charge in [0.25, 0.3) is 11.5 Å². The van der Waals surface area contributed by atoms with E-state index in [1.54, 1.807) is 19.1 Å². The minimum absolute atomic E-state index is 0.139. The molecule has 0 spiro atoms. The topological polar surface area (TPSA) is 119 Å². The van der Waals surface area contributed by atoms with Crippen molar-refractivity contribution in [1.29, 1.82) is 0 Å². The van der Waals surface area contributed by atoms with Crippen molar-refractivity contribution in [1.82, 2.24) is 24.9 Å². The summed E-state index contributed by atoms with van der Waals surface area (Å²) in [6.07, 6.45) is 2.10. The van der Waals surface area contributed by atoms with Crippen LogP contribution in [0.15, 0.2) is 57.8 Å². The van der Waals surface area contributed by atoms with E-state index in [1.807, 2.05) is 30.3 Å². The second-order valence-corrected chi connectivity index (χ2v) is 7.25. The van der Waals surface area contributed by atoms with Crippen molar-refractivity contribution < 1.29 is 9.32 Å². The number of aromatic nitrogens is 5. The number of carbonyl (C=O) groups is 1. The fraction of sp³-hybridized carbons (Fsp3) is 0.190. The first-order valence-corrected chi connectivity index (χ1v) is 9.58. The van der Waals surface area contributed by atoms with Crippen LogP contribution >= 0.6 is 0 Å². The van der Waals surface area contributed by atoms with Crippen molar-refractivity contribution in [3.8, 4) is 17.3 Å². The van der Waals surface area contributed by atoms with Crippen molar-refractivity contribution in [2.24, 2.45) is 0 Å². The largest absolute Gasteiger partial charge is 0.355 e. The van der Waals surface area contributed by atoms with Crippen LogP contribution in [0.3, 0.4) is 0 Å². The molecule has 0 atom stereocenters. The first kappa shape index (κ1) is 18.0. The summed E-state index contributed by atoms with van der Waals surface area (Å²) in [6.45, 7) is 1.72. The summed E-state index contributed by atoms with van der Waals surface area (Å²) >= 11 is 0. The molecule has 0 saturated heterocycles. The van der Waals surface area contributed by atoms with Gasteiger partial charge in [0.05, 0.1) is 5.69 Å². The Morgan fingerprint density at radius 2 is 2.00 bits per heavy atom. The molecule has 0 bridgehead atoms. The molecule has 4 aromatic rings. The maximum absolute atomic E-state index is 12.8. The van der Waals surface area contributed by atoms with Gasteiger partial charge in [-0.2, -0.15) is 9.78 Å². The number of carbonyl (C=O) groups excluding carboxylic acids is 1. The highest BCUT2D eigenvalue weighted by atomic mass is 16.5. The van der Waals surface area contributed by atoms with E-state index in [9.17, 15) is 9.59 Å². The number of aromatic amines is 1. The van der Waals surface area contributed by atoms with E-state index in [1.165, 1.54) is 10.7 Å². The minimum Gasteiger partial charge on any atom is -0.355 e. The van der Waals surface area contributed by atoms with Gasteiger partial charge < -0.3 is 9.84 Å². The molecule has 1 saturated carbocycles. The average molecular weight is 402 g/mol. The van der Waals surface area contributed by atoms with Crippen molar-refractivity contribution in [3.63, 3.8) is 0 Å². The minimum atomic E-state index is -0.445. The Morgan fingerprint density at radius 3 is 2.73 bits per heavy atom. The van der Waals surface area contributed by atoms with Crippen LogP contribution < -0.4 is 10.9 Å². The number of hydrogen-bond donors (Lipinski definition) is 2. The van der Waals surface area contributed by atoms with Gasteiger partial charge in [-0.25, -0.2) is 4.98 Å². The van der Waals surface area contributed by atoms with Gasteiger partial charge >= 0.3 is 0 Å². The number of anilines is 1. The van der Waals surface area contributed by atoms with E-state index in [4.69, 9.17) is 4.52 Å². The molecule has 0 aliphatic heterocycles. The third-order valence-electron chi connectivity index (χ3n) is 4.82. The fourth-order valence-corrected chi connectivity index (χ4v) is 3.19. The molecular weight excluding hydrogens is 384 g/mol. The van der Waals surface area contributed by atoms with Crippen LogP contribution in [-0.4, -0.2) is 30.8 Å². The summed E-state index contributed by atoms with van der Waals surface area (Å²) in [7, 11) is 0. The molecule has 9 heteroatoms. The third-order valence-corrected chi connectivity index (χ3v) is 4.82. The van der Waals surface area contributed by atoms with Gasteiger partial charge in [0.1, 0.15) is 5.82 Å². The van der Waals surface area contributed by atoms with E-state index in [0.717, 1.165) is 24.1 Å². The van der Waals surface area contributed by atoms with E-state index in [0.29, 0.717) is 23.2 Å². The van der Waals surface area contributed by atoms with Crippen molar-refractivity contribution in [3.05, 3.63) is 76.0 Å². The van der Waals surface area contributed by atoms with Gasteiger partial charge in [0.15, 0.2) is 11.5 Å². The van der Waals surface area contributed by atoms with Gasteiger partial charge in [0.2, 0.25) is 5.95 Å². The zero-order valence-corrected chi connectivity index (χ0v) is 16.1. The third kappa shape index (κ3) is 3.52. The maximum atomic E-state index is 12.8. The first-order chi connectivity index (χ1) is 14.6. The fourth-order valence-electron chi connectivity index (χ4n) is 3.19. The zero-order valence-electron chi connectivity index (χ0n) is 16.1. The summed E-state index contributed by atoms with van der Waals surface area (Å²) < 4.78 is 6.76. The van der Waals surface area contributed by atoms with Crippen LogP contribution in [0, 0.1) is 6.92 Å². The smallest absolute Gasteiger partial charge is 0.279 e. The number of benzene rings is 1. The van der Waals surface area contributed by atoms with Gasteiger partial charge in [-0.05, 0) is 19.8 Å². The summed E-state index contributed by atoms with van der Waals surface area (Å²) in [4.78, 5) is 31.7. The van der Waals surface area contributed by atoms with E-state index in [2.05, 4.69) is 25.5 Å². The molecule has 1 aliphatic carbocycles.